The number of nitrogens with zero attached hydrogens (tertiary/aromatic N) is 5. The predicted octanol–water partition coefficient (Wildman–Crippen LogP) is 3.19. The Morgan fingerprint density at radius 3 is 2.57 bits per heavy atom. The molecule has 1 fully saturated rings. The Hall–Kier alpha value is -3.15. The second-order valence-electron chi connectivity index (χ2n) is 7.10. The van der Waals surface area contributed by atoms with Crippen LogP contribution in [0.3, 0.4) is 0 Å². The highest BCUT2D eigenvalue weighted by Crippen LogP contribution is 2.33. The van der Waals surface area contributed by atoms with E-state index >= 15 is 0 Å². The molecule has 0 unspecified atom stereocenters. The van der Waals surface area contributed by atoms with Gasteiger partial charge in [-0.25, -0.2) is 9.97 Å². The van der Waals surface area contributed by atoms with Gasteiger partial charge >= 0.3 is 0 Å². The van der Waals surface area contributed by atoms with E-state index < -0.39 is 0 Å². The highest BCUT2D eigenvalue weighted by Gasteiger charge is 2.27. The SMILES string of the molecule is Cc1ncc(-c2ccncc2)c(C2CCN(C(=O)Cc3ccccn3)CC2)n1. The van der Waals surface area contributed by atoms with Crippen molar-refractivity contribution in [2.75, 3.05) is 13.1 Å². The number of piperidine rings is 1. The zero-order valence-corrected chi connectivity index (χ0v) is 16.0. The lowest BCUT2D eigenvalue weighted by molar-refractivity contribution is -0.131. The van der Waals surface area contributed by atoms with Gasteiger partial charge in [0.1, 0.15) is 5.82 Å². The van der Waals surface area contributed by atoms with Gasteiger partial charge in [-0.15, -0.1) is 0 Å². The Bertz CT molecular complexity index is 938. The molecule has 142 valence electrons. The minimum atomic E-state index is 0.144. The normalized spacial score (nSPS) is 14.8. The maximum atomic E-state index is 12.6. The number of carbonyl (C=O) groups excluding carboxylic acids is 1. The number of rotatable bonds is 4. The van der Waals surface area contributed by atoms with Crippen molar-refractivity contribution in [2.24, 2.45) is 0 Å². The van der Waals surface area contributed by atoms with Crippen LogP contribution < -0.4 is 0 Å². The van der Waals surface area contributed by atoms with Crippen molar-refractivity contribution in [3.8, 4) is 11.1 Å². The van der Waals surface area contributed by atoms with Crippen molar-refractivity contribution >= 4 is 5.91 Å². The van der Waals surface area contributed by atoms with Gasteiger partial charge in [0.2, 0.25) is 5.91 Å². The van der Waals surface area contributed by atoms with E-state index in [4.69, 9.17) is 4.98 Å². The lowest BCUT2D eigenvalue weighted by Crippen LogP contribution is -2.39. The highest BCUT2D eigenvalue weighted by atomic mass is 16.2. The third-order valence-electron chi connectivity index (χ3n) is 5.22. The standard InChI is InChI=1S/C22H23N5O/c1-16-25-15-20(17-5-10-23-11-6-17)22(26-16)18-7-12-27(13-8-18)21(28)14-19-4-2-3-9-24-19/h2-6,9-11,15,18H,7-8,12-14H2,1H3. The van der Waals surface area contributed by atoms with Crippen molar-refractivity contribution < 1.29 is 4.79 Å². The molecular formula is C22H23N5O. The molecule has 6 nitrogen and oxygen atoms in total. The molecule has 0 bridgehead atoms. The summed E-state index contributed by atoms with van der Waals surface area (Å²) in [5, 5.41) is 0. The fraction of sp³-hybridized carbons (Fsp3) is 0.318. The third-order valence-corrected chi connectivity index (χ3v) is 5.22. The van der Waals surface area contributed by atoms with Crippen molar-refractivity contribution in [2.45, 2.75) is 32.1 Å². The van der Waals surface area contributed by atoms with Crippen LogP contribution in [-0.2, 0) is 11.2 Å². The molecule has 0 spiro atoms. The van der Waals surface area contributed by atoms with Gasteiger partial charge in [0, 0.05) is 55.1 Å². The molecule has 3 aromatic rings. The van der Waals surface area contributed by atoms with E-state index in [1.54, 1.807) is 18.6 Å². The Morgan fingerprint density at radius 2 is 1.86 bits per heavy atom. The molecule has 0 atom stereocenters. The molecule has 28 heavy (non-hydrogen) atoms. The summed E-state index contributed by atoms with van der Waals surface area (Å²) in [5.74, 6) is 1.25. The molecule has 4 heterocycles. The second kappa shape index (κ2) is 8.25. The summed E-state index contributed by atoms with van der Waals surface area (Å²) < 4.78 is 0. The summed E-state index contributed by atoms with van der Waals surface area (Å²) in [6.45, 7) is 3.41. The number of aromatic nitrogens is 4. The molecule has 0 aliphatic carbocycles. The molecule has 0 aromatic carbocycles. The third kappa shape index (κ3) is 4.06. The van der Waals surface area contributed by atoms with Crippen molar-refractivity contribution in [3.63, 3.8) is 0 Å². The average Bonchev–Trinajstić information content (AvgIpc) is 2.75. The van der Waals surface area contributed by atoms with Crippen LogP contribution in [0.15, 0.2) is 55.1 Å². The minimum absolute atomic E-state index is 0.144. The molecule has 0 N–H and O–H groups in total. The Labute approximate surface area is 164 Å². The molecule has 0 saturated carbocycles. The maximum Gasteiger partial charge on any atom is 0.228 e. The molecule has 1 saturated heterocycles. The number of carbonyl (C=O) groups is 1. The fourth-order valence-corrected chi connectivity index (χ4v) is 3.72. The number of hydrogen-bond acceptors (Lipinski definition) is 5. The summed E-state index contributed by atoms with van der Waals surface area (Å²) >= 11 is 0. The van der Waals surface area contributed by atoms with Crippen LogP contribution in [0, 0.1) is 6.92 Å². The van der Waals surface area contributed by atoms with Gasteiger partial charge in [-0.2, -0.15) is 0 Å². The van der Waals surface area contributed by atoms with Gasteiger partial charge in [0.15, 0.2) is 0 Å². The first-order chi connectivity index (χ1) is 13.7. The van der Waals surface area contributed by atoms with E-state index in [1.165, 1.54) is 0 Å². The van der Waals surface area contributed by atoms with E-state index in [0.29, 0.717) is 12.3 Å². The number of likely N-dealkylation sites (tertiary alicyclic amines) is 1. The fourth-order valence-electron chi connectivity index (χ4n) is 3.72. The summed E-state index contributed by atoms with van der Waals surface area (Å²) in [6.07, 6.45) is 9.39. The predicted molar refractivity (Wildman–Crippen MR) is 106 cm³/mol. The highest BCUT2D eigenvalue weighted by molar-refractivity contribution is 5.78. The van der Waals surface area contributed by atoms with Gasteiger partial charge in [0.25, 0.3) is 0 Å². The minimum Gasteiger partial charge on any atom is -0.342 e. The first-order valence-corrected chi connectivity index (χ1v) is 9.62. The Balaban J connectivity index is 1.47. The number of hydrogen-bond donors (Lipinski definition) is 0. The number of aryl methyl sites for hydroxylation is 1. The van der Waals surface area contributed by atoms with Crippen molar-refractivity contribution in [1.29, 1.82) is 0 Å². The zero-order chi connectivity index (χ0) is 19.3. The van der Waals surface area contributed by atoms with E-state index in [-0.39, 0.29) is 5.91 Å². The number of pyridine rings is 2. The lowest BCUT2D eigenvalue weighted by atomic mass is 9.89. The Kier molecular flexibility index (Phi) is 5.37. The van der Waals surface area contributed by atoms with E-state index in [2.05, 4.69) is 15.0 Å². The van der Waals surface area contributed by atoms with Gasteiger partial charge in [-0.3, -0.25) is 14.8 Å². The van der Waals surface area contributed by atoms with Gasteiger partial charge in [-0.05, 0) is 49.6 Å². The van der Waals surface area contributed by atoms with Crippen LogP contribution >= 0.6 is 0 Å². The molecule has 6 heteroatoms. The Morgan fingerprint density at radius 1 is 1.07 bits per heavy atom. The molecule has 4 rings (SSSR count). The van der Waals surface area contributed by atoms with Crippen LogP contribution in [0.1, 0.15) is 36.0 Å². The molecule has 1 aliphatic rings. The number of amides is 1. The summed E-state index contributed by atoms with van der Waals surface area (Å²) in [6, 6.07) is 9.66. The molecule has 0 radical (unpaired) electrons. The van der Waals surface area contributed by atoms with Crippen LogP contribution in [0.2, 0.25) is 0 Å². The topological polar surface area (TPSA) is 71.9 Å². The van der Waals surface area contributed by atoms with Gasteiger partial charge < -0.3 is 4.90 Å². The van der Waals surface area contributed by atoms with Crippen LogP contribution in [-0.4, -0.2) is 43.8 Å². The van der Waals surface area contributed by atoms with Crippen molar-refractivity contribution in [1.82, 2.24) is 24.8 Å². The maximum absolute atomic E-state index is 12.6. The van der Waals surface area contributed by atoms with Crippen LogP contribution in [0.4, 0.5) is 0 Å². The quantitative estimate of drug-likeness (QED) is 0.702. The average molecular weight is 373 g/mol. The summed E-state index contributed by atoms with van der Waals surface area (Å²) in [4.78, 5) is 32.1. The van der Waals surface area contributed by atoms with Crippen LogP contribution in [0.5, 0.6) is 0 Å². The van der Waals surface area contributed by atoms with E-state index in [0.717, 1.165) is 54.3 Å². The molecule has 1 amide bonds. The molecule has 3 aromatic heterocycles. The molecular weight excluding hydrogens is 350 g/mol. The van der Waals surface area contributed by atoms with Gasteiger partial charge in [-0.1, -0.05) is 6.07 Å². The largest absolute Gasteiger partial charge is 0.342 e. The zero-order valence-electron chi connectivity index (χ0n) is 16.0. The smallest absolute Gasteiger partial charge is 0.228 e. The first-order valence-electron chi connectivity index (χ1n) is 9.62. The van der Waals surface area contributed by atoms with Crippen LogP contribution in [0.25, 0.3) is 11.1 Å². The second-order valence-corrected chi connectivity index (χ2v) is 7.10. The van der Waals surface area contributed by atoms with Crippen molar-refractivity contribution in [3.05, 3.63) is 72.3 Å². The van der Waals surface area contributed by atoms with Gasteiger partial charge in [0.05, 0.1) is 12.1 Å². The lowest BCUT2D eigenvalue weighted by Gasteiger charge is -2.32. The molecule has 1 aliphatic heterocycles. The first kappa shape index (κ1) is 18.2. The summed E-state index contributed by atoms with van der Waals surface area (Å²) in [7, 11) is 0. The van der Waals surface area contributed by atoms with E-state index in [9.17, 15) is 4.79 Å². The monoisotopic (exact) mass is 373 g/mol. The summed E-state index contributed by atoms with van der Waals surface area (Å²) in [5.41, 5.74) is 4.04. The van der Waals surface area contributed by atoms with E-state index in [1.807, 2.05) is 48.4 Å².